The molecule has 1 aromatic rings. The summed E-state index contributed by atoms with van der Waals surface area (Å²) in [6.45, 7) is 6.43. The van der Waals surface area contributed by atoms with E-state index in [-0.39, 0.29) is 6.04 Å². The molecule has 0 radical (unpaired) electrons. The molecule has 0 bridgehead atoms. The Hall–Kier alpha value is -1.59. The number of rotatable bonds is 5. The quantitative estimate of drug-likeness (QED) is 0.851. The summed E-state index contributed by atoms with van der Waals surface area (Å²) in [6, 6.07) is 7.51. The Bertz CT molecular complexity index is 462. The SMILES string of the molecule is CC(C)NC(CN1CCOc2ccccc2C1)C(=O)O. The summed E-state index contributed by atoms with van der Waals surface area (Å²) in [7, 11) is 0. The molecular weight excluding hydrogens is 256 g/mol. The van der Waals surface area contributed by atoms with Gasteiger partial charge in [0.25, 0.3) is 0 Å². The number of carboxylic acids is 1. The molecule has 20 heavy (non-hydrogen) atoms. The number of benzene rings is 1. The van der Waals surface area contributed by atoms with Gasteiger partial charge in [-0.1, -0.05) is 32.0 Å². The van der Waals surface area contributed by atoms with E-state index < -0.39 is 12.0 Å². The molecule has 0 saturated carbocycles. The number of ether oxygens (including phenoxy) is 1. The lowest BCUT2D eigenvalue weighted by Crippen LogP contribution is -2.48. The molecule has 5 heteroatoms. The third-order valence-electron chi connectivity index (χ3n) is 3.31. The van der Waals surface area contributed by atoms with Crippen LogP contribution in [0.5, 0.6) is 5.75 Å². The fourth-order valence-corrected chi connectivity index (χ4v) is 2.40. The van der Waals surface area contributed by atoms with E-state index >= 15 is 0 Å². The van der Waals surface area contributed by atoms with E-state index in [1.165, 1.54) is 0 Å². The van der Waals surface area contributed by atoms with E-state index in [1.54, 1.807) is 0 Å². The number of hydrogen-bond donors (Lipinski definition) is 2. The maximum absolute atomic E-state index is 11.3. The van der Waals surface area contributed by atoms with Crippen molar-refractivity contribution in [3.63, 3.8) is 0 Å². The fraction of sp³-hybridized carbons (Fsp3) is 0.533. The van der Waals surface area contributed by atoms with Crippen LogP contribution in [0.4, 0.5) is 0 Å². The monoisotopic (exact) mass is 278 g/mol. The second kappa shape index (κ2) is 6.72. The van der Waals surface area contributed by atoms with Gasteiger partial charge in [0, 0.05) is 31.2 Å². The third kappa shape index (κ3) is 3.95. The van der Waals surface area contributed by atoms with Crippen molar-refractivity contribution in [3.8, 4) is 5.75 Å². The summed E-state index contributed by atoms with van der Waals surface area (Å²) in [5.41, 5.74) is 1.11. The van der Waals surface area contributed by atoms with Crippen molar-refractivity contribution in [1.82, 2.24) is 10.2 Å². The third-order valence-corrected chi connectivity index (χ3v) is 3.31. The minimum Gasteiger partial charge on any atom is -0.492 e. The van der Waals surface area contributed by atoms with Crippen LogP contribution in [0.2, 0.25) is 0 Å². The molecule has 110 valence electrons. The largest absolute Gasteiger partial charge is 0.492 e. The van der Waals surface area contributed by atoms with Gasteiger partial charge in [0.2, 0.25) is 0 Å². The second-order valence-corrected chi connectivity index (χ2v) is 5.40. The van der Waals surface area contributed by atoms with Crippen LogP contribution in [0.1, 0.15) is 19.4 Å². The predicted octanol–water partition coefficient (Wildman–Crippen LogP) is 1.33. The first-order chi connectivity index (χ1) is 9.56. The smallest absolute Gasteiger partial charge is 0.322 e. The van der Waals surface area contributed by atoms with Crippen molar-refractivity contribution in [2.24, 2.45) is 0 Å². The summed E-state index contributed by atoms with van der Waals surface area (Å²) in [5.74, 6) is 0.0934. The number of nitrogens with zero attached hydrogens (tertiary/aromatic N) is 1. The molecule has 0 saturated heterocycles. The first kappa shape index (κ1) is 14.8. The molecule has 1 aromatic carbocycles. The zero-order chi connectivity index (χ0) is 14.5. The highest BCUT2D eigenvalue weighted by molar-refractivity contribution is 5.73. The molecule has 5 nitrogen and oxygen atoms in total. The van der Waals surface area contributed by atoms with Crippen LogP contribution in [-0.2, 0) is 11.3 Å². The molecule has 2 N–H and O–H groups in total. The lowest BCUT2D eigenvalue weighted by molar-refractivity contribution is -0.140. The van der Waals surface area contributed by atoms with E-state index in [4.69, 9.17) is 4.74 Å². The average Bonchev–Trinajstić information content (AvgIpc) is 2.58. The van der Waals surface area contributed by atoms with Gasteiger partial charge < -0.3 is 15.2 Å². The Morgan fingerprint density at radius 3 is 2.90 bits per heavy atom. The van der Waals surface area contributed by atoms with Gasteiger partial charge in [0.1, 0.15) is 18.4 Å². The minimum atomic E-state index is -0.808. The summed E-state index contributed by atoms with van der Waals surface area (Å²) >= 11 is 0. The molecule has 0 aromatic heterocycles. The van der Waals surface area contributed by atoms with Crippen molar-refractivity contribution in [1.29, 1.82) is 0 Å². The molecule has 1 heterocycles. The minimum absolute atomic E-state index is 0.145. The van der Waals surface area contributed by atoms with Crippen LogP contribution in [-0.4, -0.2) is 47.8 Å². The number of aliphatic carboxylic acids is 1. The highest BCUT2D eigenvalue weighted by Gasteiger charge is 2.23. The van der Waals surface area contributed by atoms with Crippen molar-refractivity contribution < 1.29 is 14.6 Å². The number of carboxylic acid groups (broad SMARTS) is 1. The van der Waals surface area contributed by atoms with Gasteiger partial charge >= 0.3 is 5.97 Å². The standard InChI is InChI=1S/C15H22N2O3/c1-11(2)16-13(15(18)19)10-17-7-8-20-14-6-4-3-5-12(14)9-17/h3-6,11,13,16H,7-10H2,1-2H3,(H,18,19). The highest BCUT2D eigenvalue weighted by atomic mass is 16.5. The predicted molar refractivity (Wildman–Crippen MR) is 76.9 cm³/mol. The number of fused-ring (bicyclic) bond motifs is 1. The van der Waals surface area contributed by atoms with Gasteiger partial charge in [0.15, 0.2) is 0 Å². The van der Waals surface area contributed by atoms with Crippen molar-refractivity contribution in [2.75, 3.05) is 19.7 Å². The van der Waals surface area contributed by atoms with Gasteiger partial charge in [-0.2, -0.15) is 0 Å². The van der Waals surface area contributed by atoms with E-state index in [1.807, 2.05) is 38.1 Å². The summed E-state index contributed by atoms with van der Waals surface area (Å²) < 4.78 is 5.69. The van der Waals surface area contributed by atoms with Crippen LogP contribution >= 0.6 is 0 Å². The number of carbonyl (C=O) groups is 1. The Balaban J connectivity index is 2.04. The van der Waals surface area contributed by atoms with Gasteiger partial charge in [-0.15, -0.1) is 0 Å². The molecule has 0 fully saturated rings. The van der Waals surface area contributed by atoms with Crippen molar-refractivity contribution >= 4 is 5.97 Å². The maximum Gasteiger partial charge on any atom is 0.322 e. The first-order valence-corrected chi connectivity index (χ1v) is 6.98. The summed E-state index contributed by atoms with van der Waals surface area (Å²) in [5, 5.41) is 12.4. The van der Waals surface area contributed by atoms with Gasteiger partial charge in [-0.25, -0.2) is 0 Å². The van der Waals surface area contributed by atoms with Crippen LogP contribution in [0, 0.1) is 0 Å². The highest BCUT2D eigenvalue weighted by Crippen LogP contribution is 2.22. The Labute approximate surface area is 119 Å². The lowest BCUT2D eigenvalue weighted by atomic mass is 10.1. The molecular formula is C15H22N2O3. The Morgan fingerprint density at radius 2 is 2.20 bits per heavy atom. The fourth-order valence-electron chi connectivity index (χ4n) is 2.40. The number of para-hydroxylation sites is 1. The second-order valence-electron chi connectivity index (χ2n) is 5.40. The van der Waals surface area contributed by atoms with Gasteiger partial charge in [0.05, 0.1) is 0 Å². The van der Waals surface area contributed by atoms with Crippen LogP contribution in [0.15, 0.2) is 24.3 Å². The number of nitrogens with one attached hydrogen (secondary N) is 1. The zero-order valence-corrected chi connectivity index (χ0v) is 12.0. The van der Waals surface area contributed by atoms with Crippen LogP contribution in [0.25, 0.3) is 0 Å². The van der Waals surface area contributed by atoms with Crippen molar-refractivity contribution in [2.45, 2.75) is 32.5 Å². The van der Waals surface area contributed by atoms with E-state index in [0.29, 0.717) is 13.2 Å². The van der Waals surface area contributed by atoms with Gasteiger partial charge in [-0.05, 0) is 6.07 Å². The normalized spacial score (nSPS) is 17.1. The lowest BCUT2D eigenvalue weighted by Gasteiger charge is -2.25. The Kier molecular flexibility index (Phi) is 4.98. The van der Waals surface area contributed by atoms with Crippen LogP contribution < -0.4 is 10.1 Å². The van der Waals surface area contributed by atoms with Crippen molar-refractivity contribution in [3.05, 3.63) is 29.8 Å². The molecule has 0 spiro atoms. The molecule has 1 atom stereocenters. The first-order valence-electron chi connectivity index (χ1n) is 6.98. The topological polar surface area (TPSA) is 61.8 Å². The maximum atomic E-state index is 11.3. The van der Waals surface area contributed by atoms with Crippen LogP contribution in [0.3, 0.4) is 0 Å². The molecule has 0 aliphatic carbocycles. The molecule has 2 rings (SSSR count). The Morgan fingerprint density at radius 1 is 1.45 bits per heavy atom. The van der Waals surface area contributed by atoms with E-state index in [9.17, 15) is 9.90 Å². The van der Waals surface area contributed by atoms with E-state index in [0.717, 1.165) is 24.4 Å². The molecule has 1 unspecified atom stereocenters. The molecule has 1 aliphatic rings. The summed E-state index contributed by atoms with van der Waals surface area (Å²) in [4.78, 5) is 13.4. The zero-order valence-electron chi connectivity index (χ0n) is 12.0. The summed E-state index contributed by atoms with van der Waals surface area (Å²) in [6.07, 6.45) is 0. The van der Waals surface area contributed by atoms with E-state index in [2.05, 4.69) is 10.2 Å². The molecule has 1 aliphatic heterocycles. The number of hydrogen-bond acceptors (Lipinski definition) is 4. The van der Waals surface area contributed by atoms with Gasteiger partial charge in [-0.3, -0.25) is 9.69 Å². The molecule has 0 amide bonds. The average molecular weight is 278 g/mol.